The third kappa shape index (κ3) is 6.19. The zero-order valence-electron chi connectivity index (χ0n) is 14.5. The van der Waals surface area contributed by atoms with E-state index in [1.807, 2.05) is 4.90 Å². The second-order valence-electron chi connectivity index (χ2n) is 5.84. The van der Waals surface area contributed by atoms with Gasteiger partial charge in [0.05, 0.1) is 13.0 Å². The molecule has 25 heavy (non-hydrogen) atoms. The molecule has 136 valence electrons. The lowest BCUT2D eigenvalue weighted by molar-refractivity contribution is -0.145. The minimum absolute atomic E-state index is 0.0150. The Morgan fingerprint density at radius 1 is 1.04 bits per heavy atom. The van der Waals surface area contributed by atoms with Crippen molar-refractivity contribution in [1.29, 1.82) is 0 Å². The fraction of sp³-hybridized carbons (Fsp3) is 0.500. The molecule has 1 saturated heterocycles. The molecule has 2 amide bonds. The van der Waals surface area contributed by atoms with Crippen molar-refractivity contribution in [3.05, 3.63) is 29.8 Å². The van der Waals surface area contributed by atoms with Gasteiger partial charge in [-0.3, -0.25) is 14.4 Å². The number of hydrogen-bond donors (Lipinski definition) is 1. The van der Waals surface area contributed by atoms with E-state index in [0.29, 0.717) is 17.9 Å². The molecule has 0 spiro atoms. The molecule has 0 saturated carbocycles. The van der Waals surface area contributed by atoms with Crippen molar-refractivity contribution in [3.8, 4) is 0 Å². The Kier molecular flexibility index (Phi) is 7.40. The number of nitrogens with zero attached hydrogens (tertiary/aromatic N) is 1. The molecule has 2 rings (SSSR count). The van der Waals surface area contributed by atoms with Crippen LogP contribution in [0.25, 0.3) is 0 Å². The van der Waals surface area contributed by atoms with Crippen LogP contribution in [0.4, 0.5) is 5.69 Å². The molecule has 0 aromatic heterocycles. The highest BCUT2D eigenvalue weighted by Gasteiger charge is 2.19. The van der Waals surface area contributed by atoms with E-state index in [4.69, 9.17) is 9.47 Å². The van der Waals surface area contributed by atoms with Gasteiger partial charge in [-0.1, -0.05) is 0 Å². The van der Waals surface area contributed by atoms with Crippen molar-refractivity contribution in [2.24, 2.45) is 0 Å². The second kappa shape index (κ2) is 9.78. The van der Waals surface area contributed by atoms with Crippen LogP contribution in [0.2, 0.25) is 0 Å². The number of hydrogen-bond acceptors (Lipinski definition) is 5. The van der Waals surface area contributed by atoms with Gasteiger partial charge in [-0.15, -0.1) is 0 Å². The highest BCUT2D eigenvalue weighted by Crippen LogP contribution is 2.15. The summed E-state index contributed by atoms with van der Waals surface area (Å²) in [4.78, 5) is 37.4. The molecular weight excluding hydrogens is 324 g/mol. The molecule has 0 aliphatic carbocycles. The third-order valence-electron chi connectivity index (χ3n) is 3.92. The maximum absolute atomic E-state index is 12.2. The van der Waals surface area contributed by atoms with E-state index in [9.17, 15) is 14.4 Å². The van der Waals surface area contributed by atoms with Gasteiger partial charge >= 0.3 is 5.97 Å². The number of likely N-dealkylation sites (tertiary alicyclic amines) is 1. The first-order chi connectivity index (χ1) is 12.1. The first-order valence-corrected chi connectivity index (χ1v) is 8.44. The number of carbonyl (C=O) groups excluding carboxylic acids is 3. The van der Waals surface area contributed by atoms with E-state index in [1.54, 1.807) is 24.3 Å². The molecule has 7 heteroatoms. The molecule has 1 aromatic rings. The normalized spacial score (nSPS) is 13.6. The molecule has 0 radical (unpaired) electrons. The topological polar surface area (TPSA) is 84.9 Å². The van der Waals surface area contributed by atoms with Crippen LogP contribution in [0.15, 0.2) is 24.3 Å². The maximum Gasteiger partial charge on any atom is 0.306 e. The summed E-state index contributed by atoms with van der Waals surface area (Å²) < 4.78 is 9.66. The van der Waals surface area contributed by atoms with E-state index in [0.717, 1.165) is 25.9 Å². The van der Waals surface area contributed by atoms with Gasteiger partial charge in [0.2, 0.25) is 5.91 Å². The standard InChI is InChI=1S/C18H24N2O5/c1-24-12-13-25-17(22)9-8-16(21)19-15-6-4-14(5-7-15)18(23)20-10-2-3-11-20/h4-7H,2-3,8-13H2,1H3,(H,19,21). The van der Waals surface area contributed by atoms with Crippen LogP contribution in [0, 0.1) is 0 Å². The Morgan fingerprint density at radius 2 is 1.72 bits per heavy atom. The summed E-state index contributed by atoms with van der Waals surface area (Å²) in [5.74, 6) is -0.685. The number of ether oxygens (including phenoxy) is 2. The van der Waals surface area contributed by atoms with Crippen LogP contribution in [-0.2, 0) is 19.1 Å². The second-order valence-corrected chi connectivity index (χ2v) is 5.84. The van der Waals surface area contributed by atoms with Crippen molar-refractivity contribution < 1.29 is 23.9 Å². The smallest absolute Gasteiger partial charge is 0.306 e. The number of esters is 1. The fourth-order valence-electron chi connectivity index (χ4n) is 2.55. The molecule has 1 aliphatic rings. The van der Waals surface area contributed by atoms with E-state index in [-0.39, 0.29) is 31.3 Å². The Morgan fingerprint density at radius 3 is 2.36 bits per heavy atom. The first-order valence-electron chi connectivity index (χ1n) is 8.44. The Balaban J connectivity index is 1.75. The molecule has 0 bridgehead atoms. The van der Waals surface area contributed by atoms with Gasteiger partial charge in [-0.05, 0) is 37.1 Å². The van der Waals surface area contributed by atoms with Crippen LogP contribution >= 0.6 is 0 Å². The van der Waals surface area contributed by atoms with E-state index < -0.39 is 5.97 Å². The number of benzene rings is 1. The van der Waals surface area contributed by atoms with Crippen molar-refractivity contribution in [2.45, 2.75) is 25.7 Å². The highest BCUT2D eigenvalue weighted by atomic mass is 16.6. The Labute approximate surface area is 147 Å². The summed E-state index contributed by atoms with van der Waals surface area (Å²) in [6.45, 7) is 2.12. The van der Waals surface area contributed by atoms with Crippen LogP contribution in [0.1, 0.15) is 36.0 Å². The summed E-state index contributed by atoms with van der Waals surface area (Å²) >= 11 is 0. The molecule has 1 aromatic carbocycles. The molecular formula is C18H24N2O5. The van der Waals surface area contributed by atoms with E-state index in [2.05, 4.69) is 5.32 Å². The molecule has 0 atom stereocenters. The van der Waals surface area contributed by atoms with Gasteiger partial charge < -0.3 is 19.7 Å². The fourth-order valence-corrected chi connectivity index (χ4v) is 2.55. The number of nitrogens with one attached hydrogen (secondary N) is 1. The van der Waals surface area contributed by atoms with Crippen molar-refractivity contribution >= 4 is 23.5 Å². The number of anilines is 1. The largest absolute Gasteiger partial charge is 0.463 e. The number of methoxy groups -OCH3 is 1. The minimum Gasteiger partial charge on any atom is -0.463 e. The number of carbonyl (C=O) groups is 3. The Hall–Kier alpha value is -2.41. The van der Waals surface area contributed by atoms with Crippen molar-refractivity contribution in [1.82, 2.24) is 4.90 Å². The summed E-state index contributed by atoms with van der Waals surface area (Å²) in [6.07, 6.45) is 2.16. The minimum atomic E-state index is -0.432. The molecule has 1 heterocycles. The summed E-state index contributed by atoms with van der Waals surface area (Å²) in [5, 5.41) is 2.70. The molecule has 1 fully saturated rings. The molecule has 1 aliphatic heterocycles. The Bertz CT molecular complexity index is 594. The predicted molar refractivity (Wildman–Crippen MR) is 92.3 cm³/mol. The SMILES string of the molecule is COCCOC(=O)CCC(=O)Nc1ccc(C(=O)N2CCCC2)cc1. The van der Waals surface area contributed by atoms with Gasteiger partial charge in [-0.25, -0.2) is 0 Å². The lowest BCUT2D eigenvalue weighted by Gasteiger charge is -2.15. The molecule has 0 unspecified atom stereocenters. The maximum atomic E-state index is 12.2. The average Bonchev–Trinajstić information content (AvgIpc) is 3.15. The lowest BCUT2D eigenvalue weighted by atomic mass is 10.1. The average molecular weight is 348 g/mol. The third-order valence-corrected chi connectivity index (χ3v) is 3.92. The van der Waals surface area contributed by atoms with Gasteiger partial charge in [0.15, 0.2) is 0 Å². The lowest BCUT2D eigenvalue weighted by Crippen LogP contribution is -2.27. The summed E-state index contributed by atoms with van der Waals surface area (Å²) in [6, 6.07) is 6.79. The van der Waals surface area contributed by atoms with E-state index >= 15 is 0 Å². The monoisotopic (exact) mass is 348 g/mol. The van der Waals surface area contributed by atoms with Gasteiger partial charge in [-0.2, -0.15) is 0 Å². The highest BCUT2D eigenvalue weighted by molar-refractivity contribution is 5.96. The van der Waals surface area contributed by atoms with Gasteiger partial charge in [0, 0.05) is 37.9 Å². The van der Waals surface area contributed by atoms with E-state index in [1.165, 1.54) is 7.11 Å². The van der Waals surface area contributed by atoms with Crippen LogP contribution in [0.5, 0.6) is 0 Å². The zero-order valence-corrected chi connectivity index (χ0v) is 14.5. The number of amides is 2. The van der Waals surface area contributed by atoms with Gasteiger partial charge in [0.25, 0.3) is 5.91 Å². The number of rotatable bonds is 8. The quantitative estimate of drug-likeness (QED) is 0.572. The van der Waals surface area contributed by atoms with Crippen LogP contribution in [-0.4, -0.2) is 56.1 Å². The zero-order chi connectivity index (χ0) is 18.1. The summed E-state index contributed by atoms with van der Waals surface area (Å²) in [5.41, 5.74) is 1.21. The van der Waals surface area contributed by atoms with Crippen molar-refractivity contribution in [2.75, 3.05) is 38.7 Å². The molecule has 1 N–H and O–H groups in total. The van der Waals surface area contributed by atoms with Crippen LogP contribution in [0.3, 0.4) is 0 Å². The van der Waals surface area contributed by atoms with Crippen molar-refractivity contribution in [3.63, 3.8) is 0 Å². The molecule has 7 nitrogen and oxygen atoms in total. The van der Waals surface area contributed by atoms with Gasteiger partial charge in [0.1, 0.15) is 6.61 Å². The summed E-state index contributed by atoms with van der Waals surface area (Å²) in [7, 11) is 1.52. The van der Waals surface area contributed by atoms with Crippen LogP contribution < -0.4 is 5.32 Å². The first kappa shape index (κ1) is 18.9. The predicted octanol–water partition coefficient (Wildman–Crippen LogP) is 1.83.